The predicted octanol–water partition coefficient (Wildman–Crippen LogP) is 2.90. The van der Waals surface area contributed by atoms with E-state index in [0.717, 1.165) is 19.3 Å². The Morgan fingerprint density at radius 2 is 1.80 bits per heavy atom. The van der Waals surface area contributed by atoms with Crippen LogP contribution >= 0.6 is 0 Å². The zero-order valence-corrected chi connectivity index (χ0v) is 13.1. The maximum Gasteiger partial charge on any atom is 0.223 e. The molecule has 20 heavy (non-hydrogen) atoms. The highest BCUT2D eigenvalue weighted by atomic mass is 16.2. The third-order valence-electron chi connectivity index (χ3n) is 3.82. The van der Waals surface area contributed by atoms with E-state index in [1.807, 2.05) is 4.90 Å². The molecule has 0 saturated carbocycles. The van der Waals surface area contributed by atoms with E-state index in [-0.39, 0.29) is 5.91 Å². The summed E-state index contributed by atoms with van der Waals surface area (Å²) in [6.45, 7) is 7.53. The number of carbonyl (C=O) groups excluding carboxylic acids is 1. The third kappa shape index (κ3) is 4.97. The average Bonchev–Trinajstić information content (AvgIpc) is 2.46. The topological polar surface area (TPSA) is 46.3 Å². The largest absolute Gasteiger partial charge is 0.338 e. The van der Waals surface area contributed by atoms with Crippen LogP contribution in [0.2, 0.25) is 0 Å². The maximum atomic E-state index is 12.4. The lowest BCUT2D eigenvalue weighted by Crippen LogP contribution is -2.42. The van der Waals surface area contributed by atoms with Gasteiger partial charge >= 0.3 is 0 Å². The number of rotatable bonds is 8. The SMILES string of the molecule is CCC(CC)N(CCN)C(=O)CCc1ccc(C)cc1. The Hall–Kier alpha value is -1.35. The molecule has 0 aromatic heterocycles. The molecule has 0 radical (unpaired) electrons. The number of nitrogens with two attached hydrogens (primary N) is 1. The summed E-state index contributed by atoms with van der Waals surface area (Å²) in [5.74, 6) is 0.227. The van der Waals surface area contributed by atoms with E-state index in [0.29, 0.717) is 25.6 Å². The molecule has 1 rings (SSSR count). The van der Waals surface area contributed by atoms with E-state index in [4.69, 9.17) is 5.73 Å². The number of hydrogen-bond donors (Lipinski definition) is 1. The van der Waals surface area contributed by atoms with Gasteiger partial charge in [0.15, 0.2) is 0 Å². The molecule has 1 aromatic rings. The minimum absolute atomic E-state index is 0.227. The summed E-state index contributed by atoms with van der Waals surface area (Å²) in [6, 6.07) is 8.72. The molecule has 0 saturated heterocycles. The third-order valence-corrected chi connectivity index (χ3v) is 3.82. The zero-order chi connectivity index (χ0) is 15.0. The van der Waals surface area contributed by atoms with Crippen molar-refractivity contribution in [2.24, 2.45) is 5.73 Å². The predicted molar refractivity (Wildman–Crippen MR) is 84.6 cm³/mol. The smallest absolute Gasteiger partial charge is 0.223 e. The fourth-order valence-electron chi connectivity index (χ4n) is 2.53. The average molecular weight is 276 g/mol. The molecule has 0 aliphatic carbocycles. The minimum atomic E-state index is 0.227. The van der Waals surface area contributed by atoms with Gasteiger partial charge in [0.25, 0.3) is 0 Å². The molecule has 1 amide bonds. The summed E-state index contributed by atoms with van der Waals surface area (Å²) in [6.07, 6.45) is 3.36. The molecule has 0 heterocycles. The van der Waals surface area contributed by atoms with Crippen LogP contribution in [0.5, 0.6) is 0 Å². The van der Waals surface area contributed by atoms with Crippen molar-refractivity contribution in [3.63, 3.8) is 0 Å². The Bertz CT molecular complexity index is 396. The fraction of sp³-hybridized carbons (Fsp3) is 0.588. The van der Waals surface area contributed by atoms with Gasteiger partial charge in [-0.25, -0.2) is 0 Å². The van der Waals surface area contributed by atoms with Gasteiger partial charge in [0.05, 0.1) is 0 Å². The summed E-state index contributed by atoms with van der Waals surface area (Å²) >= 11 is 0. The van der Waals surface area contributed by atoms with Gasteiger partial charge in [0.2, 0.25) is 5.91 Å². The second-order valence-electron chi connectivity index (χ2n) is 5.33. The first-order valence-electron chi connectivity index (χ1n) is 7.67. The molecule has 112 valence electrons. The highest BCUT2D eigenvalue weighted by Gasteiger charge is 2.19. The summed E-state index contributed by atoms with van der Waals surface area (Å²) in [5.41, 5.74) is 8.12. The van der Waals surface area contributed by atoms with Crippen LogP contribution in [-0.4, -0.2) is 29.9 Å². The summed E-state index contributed by atoms with van der Waals surface area (Å²) < 4.78 is 0. The van der Waals surface area contributed by atoms with Gasteiger partial charge in [-0.15, -0.1) is 0 Å². The highest BCUT2D eigenvalue weighted by Crippen LogP contribution is 2.12. The number of carbonyl (C=O) groups is 1. The van der Waals surface area contributed by atoms with Gasteiger partial charge in [-0.1, -0.05) is 43.7 Å². The van der Waals surface area contributed by atoms with E-state index < -0.39 is 0 Å². The molecule has 0 spiro atoms. The molecular weight excluding hydrogens is 248 g/mol. The molecule has 0 fully saturated rings. The lowest BCUT2D eigenvalue weighted by molar-refractivity contribution is -0.133. The van der Waals surface area contributed by atoms with E-state index in [1.54, 1.807) is 0 Å². The normalized spacial score (nSPS) is 10.8. The Kier molecular flexibility index (Phi) is 7.31. The highest BCUT2D eigenvalue weighted by molar-refractivity contribution is 5.76. The van der Waals surface area contributed by atoms with Crippen LogP contribution in [0.4, 0.5) is 0 Å². The second-order valence-corrected chi connectivity index (χ2v) is 5.33. The van der Waals surface area contributed by atoms with Crippen molar-refractivity contribution in [2.45, 2.75) is 52.5 Å². The van der Waals surface area contributed by atoms with Crippen LogP contribution in [0.3, 0.4) is 0 Å². The lowest BCUT2D eigenvalue weighted by atomic mass is 10.1. The zero-order valence-electron chi connectivity index (χ0n) is 13.1. The van der Waals surface area contributed by atoms with Crippen LogP contribution in [0.1, 0.15) is 44.2 Å². The van der Waals surface area contributed by atoms with Crippen LogP contribution in [0, 0.1) is 6.92 Å². The van der Waals surface area contributed by atoms with Crippen molar-refractivity contribution in [1.29, 1.82) is 0 Å². The van der Waals surface area contributed by atoms with Gasteiger partial charge in [-0.2, -0.15) is 0 Å². The van der Waals surface area contributed by atoms with Crippen molar-refractivity contribution in [2.75, 3.05) is 13.1 Å². The van der Waals surface area contributed by atoms with Crippen molar-refractivity contribution < 1.29 is 4.79 Å². The Morgan fingerprint density at radius 1 is 1.20 bits per heavy atom. The molecule has 3 heteroatoms. The Labute approximate surface area is 123 Å². The number of hydrogen-bond acceptors (Lipinski definition) is 2. The molecule has 2 N–H and O–H groups in total. The van der Waals surface area contributed by atoms with E-state index in [9.17, 15) is 4.79 Å². The number of amides is 1. The van der Waals surface area contributed by atoms with Crippen molar-refractivity contribution in [3.8, 4) is 0 Å². The van der Waals surface area contributed by atoms with Gasteiger partial charge in [-0.05, 0) is 31.7 Å². The molecular formula is C17H28N2O. The summed E-state index contributed by atoms with van der Waals surface area (Å²) in [7, 11) is 0. The maximum absolute atomic E-state index is 12.4. The monoisotopic (exact) mass is 276 g/mol. The van der Waals surface area contributed by atoms with Crippen LogP contribution < -0.4 is 5.73 Å². The van der Waals surface area contributed by atoms with E-state index >= 15 is 0 Å². The summed E-state index contributed by atoms with van der Waals surface area (Å²) in [5, 5.41) is 0. The van der Waals surface area contributed by atoms with Gasteiger partial charge in [0.1, 0.15) is 0 Å². The van der Waals surface area contributed by atoms with Crippen molar-refractivity contribution in [3.05, 3.63) is 35.4 Å². The summed E-state index contributed by atoms with van der Waals surface area (Å²) in [4.78, 5) is 14.4. The second kappa shape index (κ2) is 8.75. The van der Waals surface area contributed by atoms with Gasteiger partial charge in [-0.3, -0.25) is 4.79 Å². The molecule has 0 unspecified atom stereocenters. The van der Waals surface area contributed by atoms with Gasteiger partial charge < -0.3 is 10.6 Å². The quantitative estimate of drug-likeness (QED) is 0.793. The lowest BCUT2D eigenvalue weighted by Gasteiger charge is -2.30. The first kappa shape index (κ1) is 16.7. The first-order chi connectivity index (χ1) is 9.62. The van der Waals surface area contributed by atoms with E-state index in [1.165, 1.54) is 11.1 Å². The molecule has 3 nitrogen and oxygen atoms in total. The first-order valence-corrected chi connectivity index (χ1v) is 7.67. The Balaban J connectivity index is 2.59. The standard InChI is InChI=1S/C17H28N2O/c1-4-16(5-2)19(13-12-18)17(20)11-10-15-8-6-14(3)7-9-15/h6-9,16H,4-5,10-13,18H2,1-3H3. The number of nitrogens with zero attached hydrogens (tertiary/aromatic N) is 1. The van der Waals surface area contributed by atoms with Crippen molar-refractivity contribution >= 4 is 5.91 Å². The van der Waals surface area contributed by atoms with Crippen LogP contribution in [0.15, 0.2) is 24.3 Å². The molecule has 1 aromatic carbocycles. The minimum Gasteiger partial charge on any atom is -0.338 e. The molecule has 0 aliphatic heterocycles. The van der Waals surface area contributed by atoms with Gasteiger partial charge in [0, 0.05) is 25.6 Å². The molecule has 0 aliphatic rings. The number of benzene rings is 1. The van der Waals surface area contributed by atoms with Crippen LogP contribution in [0.25, 0.3) is 0 Å². The molecule has 0 bridgehead atoms. The van der Waals surface area contributed by atoms with Crippen molar-refractivity contribution in [1.82, 2.24) is 4.90 Å². The van der Waals surface area contributed by atoms with Crippen LogP contribution in [-0.2, 0) is 11.2 Å². The number of aryl methyl sites for hydroxylation is 2. The van der Waals surface area contributed by atoms with E-state index in [2.05, 4.69) is 45.0 Å². The Morgan fingerprint density at radius 3 is 2.30 bits per heavy atom. The fourth-order valence-corrected chi connectivity index (χ4v) is 2.53. The molecule has 0 atom stereocenters.